The van der Waals surface area contributed by atoms with E-state index in [9.17, 15) is 14.4 Å². The van der Waals surface area contributed by atoms with Gasteiger partial charge in [-0.25, -0.2) is 14.4 Å². The second-order valence-corrected chi connectivity index (χ2v) is 9.92. The molecule has 0 fully saturated rings. The van der Waals surface area contributed by atoms with E-state index >= 15 is 0 Å². The molecule has 0 radical (unpaired) electrons. The van der Waals surface area contributed by atoms with Crippen LogP contribution in [0.3, 0.4) is 0 Å². The first-order chi connectivity index (χ1) is 20.5. The Kier molecular flexibility index (Phi) is 13.9. The molecule has 0 amide bonds. The molecule has 0 bridgehead atoms. The third-order valence-corrected chi connectivity index (χ3v) is 6.56. The van der Waals surface area contributed by atoms with E-state index in [1.807, 2.05) is 12.1 Å². The minimum absolute atomic E-state index is 0.315. The highest BCUT2D eigenvalue weighted by Gasteiger charge is 2.12. The van der Waals surface area contributed by atoms with Crippen LogP contribution in [0.5, 0.6) is 17.2 Å². The van der Waals surface area contributed by atoms with Gasteiger partial charge < -0.3 is 18.9 Å². The van der Waals surface area contributed by atoms with Gasteiger partial charge >= 0.3 is 17.9 Å². The predicted octanol–water partition coefficient (Wildman–Crippen LogP) is 7.92. The summed E-state index contributed by atoms with van der Waals surface area (Å²) in [6.07, 6.45) is 11.1. The molecule has 0 aliphatic heterocycles. The van der Waals surface area contributed by atoms with E-state index in [1.165, 1.54) is 37.7 Å². The molecule has 3 aromatic carbocycles. The number of aryl methyl sites for hydroxylation is 1. The van der Waals surface area contributed by atoms with Gasteiger partial charge in [0, 0.05) is 6.08 Å². The van der Waals surface area contributed by atoms with Gasteiger partial charge in [0.1, 0.15) is 17.2 Å². The van der Waals surface area contributed by atoms with Crippen LogP contribution >= 0.6 is 0 Å². The Hall–Kier alpha value is -4.39. The highest BCUT2D eigenvalue weighted by molar-refractivity contribution is 5.92. The summed E-state index contributed by atoms with van der Waals surface area (Å²) in [5.74, 6) is -0.0885. The van der Waals surface area contributed by atoms with Crippen molar-refractivity contribution in [1.82, 2.24) is 0 Å². The predicted molar refractivity (Wildman–Crippen MR) is 162 cm³/mol. The average Bonchev–Trinajstić information content (AvgIpc) is 3.02. The van der Waals surface area contributed by atoms with Crippen LogP contribution in [0.4, 0.5) is 0 Å². The molecule has 222 valence electrons. The molecule has 7 nitrogen and oxygen atoms in total. The Morgan fingerprint density at radius 1 is 0.619 bits per heavy atom. The number of hydrogen-bond acceptors (Lipinski definition) is 7. The molecule has 0 saturated heterocycles. The number of ether oxygens (including phenoxy) is 4. The molecule has 7 heteroatoms. The number of hydrogen-bond donors (Lipinski definition) is 0. The van der Waals surface area contributed by atoms with Crippen molar-refractivity contribution in [3.8, 4) is 17.2 Å². The second kappa shape index (κ2) is 18.1. The van der Waals surface area contributed by atoms with Crippen LogP contribution in [0, 0.1) is 0 Å². The summed E-state index contributed by atoms with van der Waals surface area (Å²) in [7, 11) is 0. The fraction of sp³-hybridized carbons (Fsp3) is 0.343. The molecule has 0 aromatic heterocycles. The topological polar surface area (TPSA) is 88.1 Å². The quantitative estimate of drug-likeness (QED) is 0.0662. The molecule has 3 aromatic rings. The average molecular weight is 573 g/mol. The molecule has 0 N–H and O–H groups in total. The van der Waals surface area contributed by atoms with Gasteiger partial charge in [0.2, 0.25) is 0 Å². The normalized spacial score (nSPS) is 10.5. The standard InChI is InChI=1S/C35H40O7/c1-3-5-6-7-8-9-12-27-13-15-28(16-14-27)34(37)41-31-21-23-32(24-22-31)42-35(38)29-17-19-30(20-18-29)39-25-10-11-26-40-33(36)4-2/h4,13-24H,2-3,5-12,25-26H2,1H3. The van der Waals surface area contributed by atoms with Gasteiger partial charge in [0.25, 0.3) is 0 Å². The van der Waals surface area contributed by atoms with Crippen LogP contribution in [0.15, 0.2) is 85.5 Å². The summed E-state index contributed by atoms with van der Waals surface area (Å²) in [5.41, 5.74) is 2.07. The lowest BCUT2D eigenvalue weighted by Crippen LogP contribution is -2.10. The number of carbonyl (C=O) groups excluding carboxylic acids is 3. The number of unbranched alkanes of at least 4 members (excludes halogenated alkanes) is 6. The largest absolute Gasteiger partial charge is 0.494 e. The highest BCUT2D eigenvalue weighted by Crippen LogP contribution is 2.21. The van der Waals surface area contributed by atoms with E-state index in [1.54, 1.807) is 60.7 Å². The summed E-state index contributed by atoms with van der Waals surface area (Å²) in [6, 6.07) is 20.5. The summed E-state index contributed by atoms with van der Waals surface area (Å²) in [6.45, 7) is 6.34. The Bertz CT molecular complexity index is 1260. The summed E-state index contributed by atoms with van der Waals surface area (Å²) in [5, 5.41) is 0. The molecule has 0 aliphatic carbocycles. The van der Waals surface area contributed by atoms with Crippen molar-refractivity contribution >= 4 is 17.9 Å². The molecule has 0 aliphatic rings. The second-order valence-electron chi connectivity index (χ2n) is 9.92. The summed E-state index contributed by atoms with van der Waals surface area (Å²) >= 11 is 0. The highest BCUT2D eigenvalue weighted by atomic mass is 16.5. The smallest absolute Gasteiger partial charge is 0.343 e. The summed E-state index contributed by atoms with van der Waals surface area (Å²) in [4.78, 5) is 36.1. The lowest BCUT2D eigenvalue weighted by Gasteiger charge is -2.09. The van der Waals surface area contributed by atoms with E-state index < -0.39 is 17.9 Å². The minimum Gasteiger partial charge on any atom is -0.494 e. The molecule has 0 saturated carbocycles. The maximum Gasteiger partial charge on any atom is 0.343 e. The maximum absolute atomic E-state index is 12.6. The van der Waals surface area contributed by atoms with Crippen LogP contribution in [-0.2, 0) is 16.0 Å². The lowest BCUT2D eigenvalue weighted by molar-refractivity contribution is -0.137. The molecule has 0 unspecified atom stereocenters. The van der Waals surface area contributed by atoms with Crippen LogP contribution < -0.4 is 14.2 Å². The fourth-order valence-electron chi connectivity index (χ4n) is 4.14. The van der Waals surface area contributed by atoms with Gasteiger partial charge in [-0.1, -0.05) is 57.7 Å². The van der Waals surface area contributed by atoms with Crippen molar-refractivity contribution in [2.75, 3.05) is 13.2 Å². The van der Waals surface area contributed by atoms with Crippen LogP contribution in [0.2, 0.25) is 0 Å². The SMILES string of the molecule is C=CC(=O)OCCCCOc1ccc(C(=O)Oc2ccc(OC(=O)c3ccc(CCCCCCCC)cc3)cc2)cc1. The zero-order valence-corrected chi connectivity index (χ0v) is 24.3. The van der Waals surface area contributed by atoms with E-state index in [2.05, 4.69) is 13.5 Å². The van der Waals surface area contributed by atoms with Crippen LogP contribution in [0.25, 0.3) is 0 Å². The molecule has 0 atom stereocenters. The molecular weight excluding hydrogens is 532 g/mol. The Morgan fingerprint density at radius 3 is 1.69 bits per heavy atom. The minimum atomic E-state index is -0.517. The van der Waals surface area contributed by atoms with Gasteiger partial charge in [-0.15, -0.1) is 0 Å². The number of carbonyl (C=O) groups is 3. The number of rotatable bonds is 18. The van der Waals surface area contributed by atoms with E-state index in [0.29, 0.717) is 54.4 Å². The van der Waals surface area contributed by atoms with Crippen molar-refractivity contribution < 1.29 is 33.3 Å². The van der Waals surface area contributed by atoms with Crippen molar-refractivity contribution in [3.05, 3.63) is 102 Å². The van der Waals surface area contributed by atoms with Gasteiger partial charge in [-0.2, -0.15) is 0 Å². The molecule has 0 spiro atoms. The molecule has 42 heavy (non-hydrogen) atoms. The first-order valence-corrected chi connectivity index (χ1v) is 14.6. The first kappa shape index (κ1) is 32.1. The van der Waals surface area contributed by atoms with Crippen molar-refractivity contribution in [2.45, 2.75) is 64.7 Å². The zero-order valence-electron chi connectivity index (χ0n) is 24.3. The third kappa shape index (κ3) is 11.6. The lowest BCUT2D eigenvalue weighted by atomic mass is 10.0. The summed E-state index contributed by atoms with van der Waals surface area (Å²) < 4.78 is 21.5. The Balaban J connectivity index is 1.38. The van der Waals surface area contributed by atoms with E-state index in [4.69, 9.17) is 18.9 Å². The third-order valence-electron chi connectivity index (χ3n) is 6.56. The first-order valence-electron chi connectivity index (χ1n) is 14.6. The van der Waals surface area contributed by atoms with Crippen LogP contribution in [-0.4, -0.2) is 31.1 Å². The molecule has 0 heterocycles. The number of benzene rings is 3. The maximum atomic E-state index is 12.6. The zero-order chi connectivity index (χ0) is 30.0. The molecule has 3 rings (SSSR count). The van der Waals surface area contributed by atoms with Gasteiger partial charge in [-0.05, 0) is 91.9 Å². The van der Waals surface area contributed by atoms with Gasteiger partial charge in [0.15, 0.2) is 0 Å². The van der Waals surface area contributed by atoms with Crippen molar-refractivity contribution in [2.24, 2.45) is 0 Å². The Labute approximate surface area is 248 Å². The van der Waals surface area contributed by atoms with Crippen molar-refractivity contribution in [1.29, 1.82) is 0 Å². The van der Waals surface area contributed by atoms with E-state index in [-0.39, 0.29) is 0 Å². The van der Waals surface area contributed by atoms with Crippen LogP contribution in [0.1, 0.15) is 84.6 Å². The fourth-order valence-corrected chi connectivity index (χ4v) is 4.14. The monoisotopic (exact) mass is 572 g/mol. The van der Waals surface area contributed by atoms with Gasteiger partial charge in [-0.3, -0.25) is 0 Å². The molecular formula is C35H40O7. The Morgan fingerprint density at radius 2 is 1.12 bits per heavy atom. The van der Waals surface area contributed by atoms with E-state index in [0.717, 1.165) is 18.9 Å². The van der Waals surface area contributed by atoms with Crippen molar-refractivity contribution in [3.63, 3.8) is 0 Å². The number of esters is 3. The van der Waals surface area contributed by atoms with Gasteiger partial charge in [0.05, 0.1) is 24.3 Å².